The molecule has 0 saturated carbocycles. The fourth-order valence-electron chi connectivity index (χ4n) is 14.2. The molecule has 14 rings (SSSR count). The van der Waals surface area contributed by atoms with E-state index in [0.717, 1.165) is 145 Å². The number of esters is 2. The summed E-state index contributed by atoms with van der Waals surface area (Å²) in [7, 11) is -6.61. The van der Waals surface area contributed by atoms with Gasteiger partial charge in [0, 0.05) is 152 Å². The number of carbonyl (C=O) groups excluding carboxylic acids is 7. The van der Waals surface area contributed by atoms with E-state index in [1.807, 2.05) is 158 Å². The van der Waals surface area contributed by atoms with Crippen LogP contribution in [-0.4, -0.2) is 154 Å². The summed E-state index contributed by atoms with van der Waals surface area (Å²) in [5.74, 6) is -1.88. The number of pyridine rings is 2. The maximum absolute atomic E-state index is 13.1. The SMILES string of the molecule is CCOC(=O)c1ccc2[nH]c(Cc3ccc(NC=O)cc3)cc2c1.CCOC(=O)c1ccc2c(c1)cc(Cc1ccc(NC=O)cc1)n2CC.CCS(=O)(=O)c1ccc([C@@H](N)CO)nc1.CCn1c(Cc2ccc(NC=O)cc2)cc2cc(C(=O)N[C@@H](CO)c3ccc(S(=O)(=O)CC)cn3)ccc21.CCn1c(Cc2ccc(NC=O)cc2)cc2cc(C(=O)O)ccc21.Cl.[K+].[OH-]. The van der Waals surface area contributed by atoms with E-state index in [-0.39, 0.29) is 115 Å². The summed E-state index contributed by atoms with van der Waals surface area (Å²) < 4.78 is 63.7. The minimum Gasteiger partial charge on any atom is -0.870 e. The molecular formula is C96H104ClKN12O18S2. The first-order chi connectivity index (χ1) is 61.3. The van der Waals surface area contributed by atoms with Crippen LogP contribution in [0.2, 0.25) is 0 Å². The van der Waals surface area contributed by atoms with Gasteiger partial charge in [-0.05, 0) is 227 Å². The summed E-state index contributed by atoms with van der Waals surface area (Å²) in [5.41, 5.74) is 24.4. The molecule has 2 atom stereocenters. The van der Waals surface area contributed by atoms with E-state index in [1.165, 1.54) is 42.4 Å². The van der Waals surface area contributed by atoms with Gasteiger partial charge >= 0.3 is 69.3 Å². The Morgan fingerprint density at radius 1 is 0.438 bits per heavy atom. The number of nitrogens with zero attached hydrogens (tertiary/aromatic N) is 5. The molecule has 0 aliphatic heterocycles. The van der Waals surface area contributed by atoms with Crippen LogP contribution in [0.3, 0.4) is 0 Å². The van der Waals surface area contributed by atoms with Gasteiger partial charge in [-0.2, -0.15) is 0 Å². The fraction of sp³-hybridized carbons (Fsp3) is 0.229. The molecule has 0 saturated heterocycles. The zero-order chi connectivity index (χ0) is 91.3. The molecule has 0 radical (unpaired) electrons. The molecule has 0 aliphatic carbocycles. The van der Waals surface area contributed by atoms with E-state index >= 15 is 0 Å². The number of carboxylic acids is 1. The minimum atomic E-state index is -3.39. The number of carboxylic acid groups (broad SMARTS) is 1. The summed E-state index contributed by atoms with van der Waals surface area (Å²) in [6.07, 6.45) is 8.10. The third-order valence-electron chi connectivity index (χ3n) is 20.8. The first-order valence-electron chi connectivity index (χ1n) is 41.2. The van der Waals surface area contributed by atoms with Gasteiger partial charge in [-0.15, -0.1) is 12.4 Å². The molecule has 8 aromatic carbocycles. The molecule has 6 heterocycles. The molecular weight excluding hydrogens is 1750 g/mol. The number of aromatic nitrogens is 6. The fourth-order valence-corrected chi connectivity index (χ4v) is 15.9. The second-order valence-electron chi connectivity index (χ2n) is 29.0. The van der Waals surface area contributed by atoms with Crippen molar-refractivity contribution in [1.82, 2.24) is 34.0 Å². The number of aromatic amines is 1. The predicted molar refractivity (Wildman–Crippen MR) is 500 cm³/mol. The summed E-state index contributed by atoms with van der Waals surface area (Å²) in [5, 5.41) is 45.0. The van der Waals surface area contributed by atoms with Gasteiger partial charge in [-0.3, -0.25) is 33.9 Å². The van der Waals surface area contributed by atoms with Crippen LogP contribution in [0.5, 0.6) is 0 Å². The monoisotopic (exact) mass is 1850 g/mol. The Balaban J connectivity index is 0.000000227. The maximum Gasteiger partial charge on any atom is 1.00 e. The van der Waals surface area contributed by atoms with Crippen molar-refractivity contribution in [3.05, 3.63) is 309 Å². The van der Waals surface area contributed by atoms with E-state index in [1.54, 1.807) is 52.0 Å². The van der Waals surface area contributed by atoms with Crippen LogP contribution in [0.25, 0.3) is 43.6 Å². The molecule has 676 valence electrons. The van der Waals surface area contributed by atoms with Gasteiger partial charge in [0.25, 0.3) is 5.91 Å². The van der Waals surface area contributed by atoms with Crippen molar-refractivity contribution in [2.75, 3.05) is 59.2 Å². The number of sulfone groups is 2. The smallest absolute Gasteiger partial charge is 0.870 e. The quantitative estimate of drug-likeness (QED) is 0.0102. The van der Waals surface area contributed by atoms with Crippen LogP contribution in [-0.2, 0) is 93.6 Å². The standard InChI is InChI=1S/C28H30N4O5S.C21H22N2O3.2C19H18N2O3.C9H14N2O3S.ClH.K.H2O/c1-3-32-23(13-19-5-8-22(9-6-19)30-18-34)15-21-14-20(7-12-27(21)32)28(35)31-26(17-33)25-11-10-24(16-29-25)38(36,37)4-2;1-3-23-19(11-15-5-8-18(9-6-15)22-14-24)13-17-12-16(7-10-20(17)23)21(25)26-4-2;1-2-24-19(23)14-5-8-18-15(10-14)11-17(21-18)9-13-3-6-16(7-4-13)20-12-22;1-2-21-17(9-13-3-6-16(7-4-13)20-12-22)11-15-10-14(19(23)24)5-8-18(15)21;1-2-15(13,14)7-3-4-9(11-5-7)8(10)6-12;;;/h5-12,14-16,18,26,33H,3-4,13,17H2,1-2H3,(H,30,34)(H,31,35);5-10,12-14H,3-4,11H2,1-2H3,(H,22,24);3-8,10-12,21H,2,9H2,1H3,(H,20,22);3-8,10-12H,2,9H2,1H3,(H,20,22)(H,23,24);3-5,8,12H,2,6,10H2,1H3;1H;;1H2/q;;;;;;+1;/p-1/t26-;;;;8-;;;/m0...0.../s1. The molecule has 14 aromatic rings. The Bertz CT molecular complexity index is 6410. The third-order valence-corrected chi connectivity index (χ3v) is 24.2. The number of carbonyl (C=O) groups is 8. The predicted octanol–water partition coefficient (Wildman–Crippen LogP) is 11.6. The van der Waals surface area contributed by atoms with Gasteiger partial charge in [0.1, 0.15) is 0 Å². The Hall–Kier alpha value is -12.4. The molecule has 30 nitrogen and oxygen atoms in total. The number of hydrogen-bond acceptors (Lipinski definition) is 20. The third kappa shape index (κ3) is 27.8. The summed E-state index contributed by atoms with van der Waals surface area (Å²) in [4.78, 5) is 102. The van der Waals surface area contributed by atoms with Crippen LogP contribution in [0.4, 0.5) is 22.7 Å². The summed E-state index contributed by atoms with van der Waals surface area (Å²) >= 11 is 0. The number of amides is 5. The number of H-pyrrole nitrogens is 1. The van der Waals surface area contributed by atoms with E-state index in [4.69, 9.17) is 25.4 Å². The Kier molecular flexibility index (Phi) is 40.7. The van der Waals surface area contributed by atoms with Crippen LogP contribution in [0.1, 0.15) is 158 Å². The molecule has 0 spiro atoms. The summed E-state index contributed by atoms with van der Waals surface area (Å²) in [6, 6.07) is 65.5. The number of nitrogens with two attached hydrogens (primary N) is 1. The molecule has 12 N–H and O–H groups in total. The molecule has 0 bridgehead atoms. The summed E-state index contributed by atoms with van der Waals surface area (Å²) in [6.45, 7) is 15.5. The van der Waals surface area contributed by atoms with E-state index in [9.17, 15) is 60.3 Å². The Labute approximate surface area is 801 Å². The zero-order valence-electron chi connectivity index (χ0n) is 73.1. The van der Waals surface area contributed by atoms with Crippen molar-refractivity contribution in [2.45, 2.75) is 116 Å². The molecule has 6 aromatic heterocycles. The molecule has 0 unspecified atom stereocenters. The number of halogens is 1. The number of aliphatic hydroxyl groups is 2. The van der Waals surface area contributed by atoms with Gasteiger partial charge in [0.2, 0.25) is 25.6 Å². The van der Waals surface area contributed by atoms with Crippen molar-refractivity contribution in [3.8, 4) is 0 Å². The van der Waals surface area contributed by atoms with Crippen molar-refractivity contribution in [1.29, 1.82) is 0 Å². The van der Waals surface area contributed by atoms with E-state index in [2.05, 4.69) is 88.1 Å². The van der Waals surface area contributed by atoms with Crippen molar-refractivity contribution in [2.24, 2.45) is 5.73 Å². The second-order valence-corrected chi connectivity index (χ2v) is 33.5. The molecule has 130 heavy (non-hydrogen) atoms. The number of benzene rings is 8. The van der Waals surface area contributed by atoms with Gasteiger partial charge in [-0.25, -0.2) is 31.2 Å². The first kappa shape index (κ1) is 105. The van der Waals surface area contributed by atoms with Gasteiger partial charge in [0.05, 0.1) is 87.9 Å². The average molecular weight is 1850 g/mol. The van der Waals surface area contributed by atoms with Crippen LogP contribution >= 0.6 is 12.4 Å². The van der Waals surface area contributed by atoms with E-state index < -0.39 is 44.3 Å². The second kappa shape index (κ2) is 50.6. The number of nitrogens with one attached hydrogen (secondary N) is 6. The van der Waals surface area contributed by atoms with E-state index in [0.29, 0.717) is 78.9 Å². The number of aromatic carboxylic acids is 1. The van der Waals surface area contributed by atoms with Gasteiger partial charge in [0.15, 0.2) is 19.7 Å². The van der Waals surface area contributed by atoms with Gasteiger partial charge in [-0.1, -0.05) is 62.4 Å². The molecule has 34 heteroatoms. The number of ether oxygens (including phenoxy) is 2. The average Bonchev–Trinajstić information content (AvgIpc) is 1.65. The largest absolute Gasteiger partial charge is 1.00 e. The number of hydrogen-bond donors (Lipinski definition) is 10. The zero-order valence-corrected chi connectivity index (χ0v) is 78.7. The van der Waals surface area contributed by atoms with Crippen molar-refractivity contribution < 1.29 is 137 Å². The number of aliphatic hydroxyl groups excluding tert-OH is 2. The molecule has 0 aliphatic rings. The Morgan fingerprint density at radius 3 is 1.12 bits per heavy atom. The van der Waals surface area contributed by atoms with Crippen molar-refractivity contribution in [3.63, 3.8) is 0 Å². The number of fused-ring (bicyclic) bond motifs is 4. The van der Waals surface area contributed by atoms with Crippen molar-refractivity contribution >= 4 is 148 Å². The number of anilines is 4. The maximum atomic E-state index is 13.1. The molecule has 5 amide bonds. The van der Waals surface area contributed by atoms with Crippen LogP contribution in [0.15, 0.2) is 241 Å². The number of rotatable bonds is 34. The Morgan fingerprint density at radius 2 is 0.785 bits per heavy atom. The normalized spacial score (nSPS) is 11.2. The van der Waals surface area contributed by atoms with Crippen LogP contribution < -0.4 is 83.7 Å². The van der Waals surface area contributed by atoms with Gasteiger partial charge < -0.3 is 81.3 Å². The first-order valence-corrected chi connectivity index (χ1v) is 44.5. The topological polar surface area (TPSA) is 457 Å². The van der Waals surface area contributed by atoms with Crippen LogP contribution in [0, 0.1) is 0 Å². The number of aryl methyl sites for hydroxylation is 3. The minimum absolute atomic E-state index is 0. The molecule has 0 fully saturated rings.